The number of ketones is 1. The molecule has 4 rings (SSSR count). The van der Waals surface area contributed by atoms with Gasteiger partial charge >= 0.3 is 0 Å². The van der Waals surface area contributed by atoms with Crippen LogP contribution in [0.1, 0.15) is 33.3 Å². The summed E-state index contributed by atoms with van der Waals surface area (Å²) in [7, 11) is 0. The van der Waals surface area contributed by atoms with Crippen molar-refractivity contribution in [1.82, 2.24) is 4.57 Å². The van der Waals surface area contributed by atoms with Crippen molar-refractivity contribution in [2.75, 3.05) is 5.32 Å². The minimum atomic E-state index is -0.146. The largest absolute Gasteiger partial charge is 0.335 e. The summed E-state index contributed by atoms with van der Waals surface area (Å²) in [5, 5.41) is 4.99. The number of thiophene rings is 1. The van der Waals surface area contributed by atoms with Crippen molar-refractivity contribution >= 4 is 38.9 Å². The molecule has 4 nitrogen and oxygen atoms in total. The molecule has 4 aromatic rings. The number of carbonyl (C=O) groups is 2. The molecule has 0 saturated carbocycles. The van der Waals surface area contributed by atoms with E-state index in [2.05, 4.69) is 28.1 Å². The maximum Gasteiger partial charge on any atom is 0.272 e. The number of hydrogen-bond acceptors (Lipinski definition) is 3. The van der Waals surface area contributed by atoms with Gasteiger partial charge in [-0.2, -0.15) is 0 Å². The molecule has 28 heavy (non-hydrogen) atoms. The predicted molar refractivity (Wildman–Crippen MR) is 114 cm³/mol. The van der Waals surface area contributed by atoms with Crippen LogP contribution in [0.4, 0.5) is 5.69 Å². The van der Waals surface area contributed by atoms with Crippen LogP contribution in [-0.4, -0.2) is 16.3 Å². The number of aryl methyl sites for hydroxylation is 2. The van der Waals surface area contributed by atoms with Crippen molar-refractivity contribution in [3.63, 3.8) is 0 Å². The lowest BCUT2D eigenvalue weighted by atomic mass is 10.1. The van der Waals surface area contributed by atoms with E-state index in [1.807, 2.05) is 29.6 Å². The zero-order chi connectivity index (χ0) is 19.5. The third-order valence-corrected chi connectivity index (χ3v) is 5.62. The second-order valence-corrected chi connectivity index (χ2v) is 7.62. The lowest BCUT2D eigenvalue weighted by Crippen LogP contribution is -2.17. The lowest BCUT2D eigenvalue weighted by molar-refractivity contribution is 0.101. The van der Waals surface area contributed by atoms with Gasteiger partial charge in [0.05, 0.1) is 10.2 Å². The van der Waals surface area contributed by atoms with Crippen molar-refractivity contribution in [3.8, 4) is 0 Å². The van der Waals surface area contributed by atoms with Crippen molar-refractivity contribution in [1.29, 1.82) is 0 Å². The molecule has 0 aliphatic carbocycles. The van der Waals surface area contributed by atoms with E-state index in [1.165, 1.54) is 12.5 Å². The smallest absolute Gasteiger partial charge is 0.272 e. The number of anilines is 1. The van der Waals surface area contributed by atoms with Crippen LogP contribution in [0.15, 0.2) is 72.1 Å². The molecule has 0 radical (unpaired) electrons. The molecule has 0 aliphatic heterocycles. The van der Waals surface area contributed by atoms with Crippen LogP contribution in [0.2, 0.25) is 0 Å². The summed E-state index contributed by atoms with van der Waals surface area (Å²) in [5.41, 5.74) is 4.27. The van der Waals surface area contributed by atoms with Crippen LogP contribution in [-0.2, 0) is 13.0 Å². The summed E-state index contributed by atoms with van der Waals surface area (Å²) in [6.07, 6.45) is 0.855. The minimum Gasteiger partial charge on any atom is -0.335 e. The number of benzene rings is 2. The molecule has 0 unspecified atom stereocenters. The predicted octanol–water partition coefficient (Wildman–Crippen LogP) is 5.40. The summed E-state index contributed by atoms with van der Waals surface area (Å²) in [5.74, 6) is -0.139. The maximum atomic E-state index is 12.9. The Morgan fingerprint density at radius 2 is 1.75 bits per heavy atom. The van der Waals surface area contributed by atoms with Gasteiger partial charge in [0.15, 0.2) is 5.78 Å². The molecule has 140 valence electrons. The van der Waals surface area contributed by atoms with Gasteiger partial charge in [-0.1, -0.05) is 30.3 Å². The fraction of sp³-hybridized carbons (Fsp3) is 0.130. The second-order valence-electron chi connectivity index (χ2n) is 6.67. The summed E-state index contributed by atoms with van der Waals surface area (Å²) in [6.45, 7) is 2.26. The molecule has 2 aromatic carbocycles. The molecule has 2 aromatic heterocycles. The topological polar surface area (TPSA) is 51.1 Å². The molecular formula is C23H20N2O2S. The highest BCUT2D eigenvalue weighted by molar-refractivity contribution is 7.17. The normalized spacial score (nSPS) is 10.9. The molecule has 0 saturated heterocycles. The highest BCUT2D eigenvalue weighted by atomic mass is 32.1. The zero-order valence-electron chi connectivity index (χ0n) is 15.5. The Hall–Kier alpha value is -3.18. The first-order chi connectivity index (χ1) is 13.6. The summed E-state index contributed by atoms with van der Waals surface area (Å²) in [4.78, 5) is 24.4. The monoisotopic (exact) mass is 388 g/mol. The van der Waals surface area contributed by atoms with E-state index >= 15 is 0 Å². The number of nitrogens with zero attached hydrogens (tertiary/aromatic N) is 1. The number of carbonyl (C=O) groups excluding carboxylic acids is 2. The Morgan fingerprint density at radius 3 is 2.46 bits per heavy atom. The molecule has 2 heterocycles. The number of Topliss-reactive ketones (excluding diaryl/α,β-unsaturated/α-hetero) is 1. The Morgan fingerprint density at radius 1 is 1.00 bits per heavy atom. The van der Waals surface area contributed by atoms with Crippen LogP contribution in [0.25, 0.3) is 10.2 Å². The fourth-order valence-corrected chi connectivity index (χ4v) is 4.10. The van der Waals surface area contributed by atoms with Gasteiger partial charge in [0, 0.05) is 17.8 Å². The van der Waals surface area contributed by atoms with Crippen molar-refractivity contribution < 1.29 is 9.59 Å². The Balaban J connectivity index is 1.57. The highest BCUT2D eigenvalue weighted by Gasteiger charge is 2.17. The van der Waals surface area contributed by atoms with E-state index in [1.54, 1.807) is 35.6 Å². The Labute approximate surface area is 167 Å². The van der Waals surface area contributed by atoms with E-state index in [9.17, 15) is 9.59 Å². The van der Waals surface area contributed by atoms with Crippen LogP contribution in [0, 0.1) is 0 Å². The van der Waals surface area contributed by atoms with E-state index in [4.69, 9.17) is 0 Å². The van der Waals surface area contributed by atoms with Crippen LogP contribution in [0.5, 0.6) is 0 Å². The first-order valence-electron chi connectivity index (χ1n) is 9.15. The first kappa shape index (κ1) is 18.2. The second kappa shape index (κ2) is 7.82. The molecule has 0 spiro atoms. The molecule has 0 aliphatic rings. The van der Waals surface area contributed by atoms with Crippen LogP contribution < -0.4 is 5.32 Å². The SMILES string of the molecule is CC(=O)c1ccc(NC(=O)c2cc3sccc3n2CCc2ccccc2)cc1. The van der Waals surface area contributed by atoms with Gasteiger partial charge in [0.25, 0.3) is 5.91 Å². The number of fused-ring (bicyclic) bond motifs is 1. The molecular weight excluding hydrogens is 368 g/mol. The van der Waals surface area contributed by atoms with Gasteiger partial charge in [-0.3, -0.25) is 9.59 Å². The number of hydrogen-bond donors (Lipinski definition) is 1. The molecule has 5 heteroatoms. The standard InChI is InChI=1S/C23H20N2O2S/c1-16(26)18-7-9-19(10-8-18)24-23(27)21-15-22-20(12-14-28-22)25(21)13-11-17-5-3-2-4-6-17/h2-10,12,14-15H,11,13H2,1H3,(H,24,27). The molecule has 0 bridgehead atoms. The van der Waals surface area contributed by atoms with Crippen LogP contribution >= 0.6 is 11.3 Å². The average molecular weight is 388 g/mol. The average Bonchev–Trinajstić information content (AvgIpc) is 3.29. The third kappa shape index (κ3) is 3.75. The van der Waals surface area contributed by atoms with Crippen molar-refractivity contribution in [3.05, 3.63) is 88.9 Å². The molecule has 1 amide bonds. The van der Waals surface area contributed by atoms with Gasteiger partial charge in [0.1, 0.15) is 5.69 Å². The first-order valence-corrected chi connectivity index (χ1v) is 10.0. The highest BCUT2D eigenvalue weighted by Crippen LogP contribution is 2.26. The number of aromatic nitrogens is 1. The Kier molecular flexibility index (Phi) is 5.08. The third-order valence-electron chi connectivity index (χ3n) is 4.77. The molecule has 1 N–H and O–H groups in total. The van der Waals surface area contributed by atoms with Gasteiger partial charge in [-0.05, 0) is 60.7 Å². The lowest BCUT2D eigenvalue weighted by Gasteiger charge is -2.11. The minimum absolute atomic E-state index is 0.00732. The maximum absolute atomic E-state index is 12.9. The van der Waals surface area contributed by atoms with E-state index < -0.39 is 0 Å². The van der Waals surface area contributed by atoms with Crippen molar-refractivity contribution in [2.24, 2.45) is 0 Å². The Bertz CT molecular complexity index is 1120. The fourth-order valence-electron chi connectivity index (χ4n) is 3.28. The van der Waals surface area contributed by atoms with Gasteiger partial charge in [-0.25, -0.2) is 0 Å². The van der Waals surface area contributed by atoms with Gasteiger partial charge in [0.2, 0.25) is 0 Å². The summed E-state index contributed by atoms with van der Waals surface area (Å²) < 4.78 is 3.18. The van der Waals surface area contributed by atoms with E-state index in [0.717, 1.165) is 23.2 Å². The van der Waals surface area contributed by atoms with Gasteiger partial charge < -0.3 is 9.88 Å². The molecule has 0 fully saturated rings. The van der Waals surface area contributed by atoms with Gasteiger partial charge in [-0.15, -0.1) is 11.3 Å². The zero-order valence-corrected chi connectivity index (χ0v) is 16.3. The van der Waals surface area contributed by atoms with E-state index in [-0.39, 0.29) is 11.7 Å². The van der Waals surface area contributed by atoms with Crippen LogP contribution in [0.3, 0.4) is 0 Å². The number of nitrogens with one attached hydrogen (secondary N) is 1. The van der Waals surface area contributed by atoms with Crippen molar-refractivity contribution in [2.45, 2.75) is 19.9 Å². The number of rotatable bonds is 6. The summed E-state index contributed by atoms with van der Waals surface area (Å²) in [6, 6.07) is 21.3. The van der Waals surface area contributed by atoms with E-state index in [0.29, 0.717) is 16.9 Å². The number of amides is 1. The molecule has 0 atom stereocenters. The summed E-state index contributed by atoms with van der Waals surface area (Å²) >= 11 is 1.63. The quantitative estimate of drug-likeness (QED) is 0.450.